The molecule has 0 rings (SSSR count). The molecule has 0 aromatic heterocycles. The van der Waals surface area contributed by atoms with Gasteiger partial charge in [-0.05, 0) is 52.7 Å². The SMILES string of the molecule is CCCCCCC(CCCCCC)C(=O)OCCN(CCOC(=O)C(CCCCCC)CCCCCC)C(=O)CCC(=O)NCCCN(C)C. The molecule has 0 aliphatic carbocycles. The fraction of sp³-hybridized carbons (Fsp3) is 0.902. The van der Waals surface area contributed by atoms with Crippen LogP contribution in [0.15, 0.2) is 0 Å². The highest BCUT2D eigenvalue weighted by Crippen LogP contribution is 2.21. The maximum Gasteiger partial charge on any atom is 0.308 e. The van der Waals surface area contributed by atoms with E-state index in [1.807, 2.05) is 14.1 Å². The highest BCUT2D eigenvalue weighted by atomic mass is 16.5. The van der Waals surface area contributed by atoms with Crippen LogP contribution >= 0.6 is 0 Å². The molecule has 9 heteroatoms. The van der Waals surface area contributed by atoms with Crippen LogP contribution in [0.4, 0.5) is 0 Å². The second-order valence-electron chi connectivity index (χ2n) is 14.5. The van der Waals surface area contributed by atoms with Crippen molar-refractivity contribution in [1.29, 1.82) is 0 Å². The van der Waals surface area contributed by atoms with Gasteiger partial charge in [0, 0.05) is 19.4 Å². The lowest BCUT2D eigenvalue weighted by molar-refractivity contribution is -0.152. The second-order valence-corrected chi connectivity index (χ2v) is 14.5. The summed E-state index contributed by atoms with van der Waals surface area (Å²) >= 11 is 0. The van der Waals surface area contributed by atoms with Gasteiger partial charge in [-0.2, -0.15) is 0 Å². The first kappa shape index (κ1) is 47.8. The molecule has 0 bridgehead atoms. The van der Waals surface area contributed by atoms with Crippen molar-refractivity contribution in [3.63, 3.8) is 0 Å². The van der Waals surface area contributed by atoms with Gasteiger partial charge in [0.05, 0.1) is 24.9 Å². The lowest BCUT2D eigenvalue weighted by atomic mass is 9.94. The van der Waals surface area contributed by atoms with Crippen molar-refractivity contribution in [2.75, 3.05) is 53.5 Å². The zero-order chi connectivity index (χ0) is 37.2. The fourth-order valence-corrected chi connectivity index (χ4v) is 6.23. The van der Waals surface area contributed by atoms with Crippen LogP contribution in [0.5, 0.6) is 0 Å². The van der Waals surface area contributed by atoms with Gasteiger partial charge in [0.15, 0.2) is 0 Å². The van der Waals surface area contributed by atoms with Crippen LogP contribution in [0, 0.1) is 11.8 Å². The van der Waals surface area contributed by atoms with Crippen LogP contribution in [0.2, 0.25) is 0 Å². The van der Waals surface area contributed by atoms with E-state index in [-0.39, 0.29) is 74.7 Å². The zero-order valence-corrected chi connectivity index (χ0v) is 33.5. The standard InChI is InChI=1S/C41H79N3O6/c1-7-11-15-19-24-36(25-20-16-12-8-2)40(47)49-34-32-44(39(46)29-28-38(45)42-30-23-31-43(5)6)33-35-50-41(48)37(26-21-17-13-9-3)27-22-18-14-10-4/h36-37H,7-35H2,1-6H3,(H,42,45). The van der Waals surface area contributed by atoms with Gasteiger partial charge >= 0.3 is 11.9 Å². The van der Waals surface area contributed by atoms with Gasteiger partial charge in [0.25, 0.3) is 0 Å². The summed E-state index contributed by atoms with van der Waals surface area (Å²) in [6, 6.07) is 0. The zero-order valence-electron chi connectivity index (χ0n) is 33.5. The van der Waals surface area contributed by atoms with Crippen molar-refractivity contribution in [3.8, 4) is 0 Å². The lowest BCUT2D eigenvalue weighted by Gasteiger charge is -2.24. The fourth-order valence-electron chi connectivity index (χ4n) is 6.23. The van der Waals surface area contributed by atoms with Gasteiger partial charge in [0.2, 0.25) is 11.8 Å². The number of esters is 2. The van der Waals surface area contributed by atoms with Crippen molar-refractivity contribution >= 4 is 23.8 Å². The largest absolute Gasteiger partial charge is 0.464 e. The Morgan fingerprint density at radius 2 is 0.920 bits per heavy atom. The van der Waals surface area contributed by atoms with Crippen LogP contribution in [0.3, 0.4) is 0 Å². The van der Waals surface area contributed by atoms with E-state index >= 15 is 0 Å². The average Bonchev–Trinajstić information content (AvgIpc) is 3.10. The van der Waals surface area contributed by atoms with E-state index in [1.54, 1.807) is 4.90 Å². The van der Waals surface area contributed by atoms with E-state index in [9.17, 15) is 19.2 Å². The molecule has 0 aliphatic rings. The first-order valence-electron chi connectivity index (χ1n) is 20.7. The van der Waals surface area contributed by atoms with E-state index in [4.69, 9.17) is 9.47 Å². The molecular weight excluding hydrogens is 630 g/mol. The molecule has 0 spiro atoms. The van der Waals surface area contributed by atoms with Gasteiger partial charge in [-0.25, -0.2) is 0 Å². The van der Waals surface area contributed by atoms with E-state index < -0.39 is 0 Å². The molecule has 0 aromatic rings. The summed E-state index contributed by atoms with van der Waals surface area (Å²) in [7, 11) is 3.98. The molecule has 0 fully saturated rings. The number of amides is 2. The maximum atomic E-state index is 13.4. The maximum absolute atomic E-state index is 13.4. The molecule has 50 heavy (non-hydrogen) atoms. The Morgan fingerprint density at radius 3 is 1.28 bits per heavy atom. The van der Waals surface area contributed by atoms with Crippen molar-refractivity contribution in [2.45, 2.75) is 175 Å². The molecule has 1 N–H and O–H groups in total. The number of hydrogen-bond acceptors (Lipinski definition) is 7. The number of unbranched alkanes of at least 4 members (excludes halogenated alkanes) is 12. The van der Waals surface area contributed by atoms with Crippen LogP contribution in [0.25, 0.3) is 0 Å². The third kappa shape index (κ3) is 27.5. The van der Waals surface area contributed by atoms with Gasteiger partial charge in [0.1, 0.15) is 13.2 Å². The molecule has 0 unspecified atom stereocenters. The summed E-state index contributed by atoms with van der Waals surface area (Å²) < 4.78 is 11.6. The van der Waals surface area contributed by atoms with E-state index in [0.29, 0.717) is 6.54 Å². The predicted molar refractivity (Wildman–Crippen MR) is 206 cm³/mol. The Kier molecular flexibility index (Phi) is 32.5. The average molecular weight is 710 g/mol. The molecule has 0 radical (unpaired) electrons. The Bertz CT molecular complexity index is 782. The predicted octanol–water partition coefficient (Wildman–Crippen LogP) is 8.86. The van der Waals surface area contributed by atoms with Gasteiger partial charge in [-0.3, -0.25) is 19.2 Å². The van der Waals surface area contributed by atoms with Gasteiger partial charge < -0.3 is 24.6 Å². The van der Waals surface area contributed by atoms with Crippen molar-refractivity contribution in [2.24, 2.45) is 11.8 Å². The molecule has 0 saturated heterocycles. The molecule has 0 heterocycles. The molecule has 0 aliphatic heterocycles. The molecule has 0 aromatic carbocycles. The number of carbonyl (C=O) groups is 4. The van der Waals surface area contributed by atoms with Gasteiger partial charge in [-0.15, -0.1) is 0 Å². The van der Waals surface area contributed by atoms with Gasteiger partial charge in [-0.1, -0.05) is 130 Å². The van der Waals surface area contributed by atoms with E-state index in [0.717, 1.165) is 116 Å². The molecule has 9 nitrogen and oxygen atoms in total. The smallest absolute Gasteiger partial charge is 0.308 e. The summed E-state index contributed by atoms with van der Waals surface area (Å²) in [5.74, 6) is -0.941. The molecule has 0 atom stereocenters. The number of hydrogen-bond donors (Lipinski definition) is 1. The number of rotatable bonds is 35. The molecule has 2 amide bonds. The summed E-state index contributed by atoms with van der Waals surface area (Å²) in [4.78, 5) is 55.8. The minimum Gasteiger partial charge on any atom is -0.464 e. The summed E-state index contributed by atoms with van der Waals surface area (Å²) in [5, 5.41) is 2.90. The molecule has 294 valence electrons. The third-order valence-electron chi connectivity index (χ3n) is 9.53. The third-order valence-corrected chi connectivity index (χ3v) is 9.53. The van der Waals surface area contributed by atoms with Crippen molar-refractivity contribution < 1.29 is 28.7 Å². The highest BCUT2D eigenvalue weighted by molar-refractivity contribution is 5.83. The summed E-state index contributed by atoms with van der Waals surface area (Å²) in [6.45, 7) is 10.8. The van der Waals surface area contributed by atoms with E-state index in [1.165, 1.54) is 25.7 Å². The van der Waals surface area contributed by atoms with Crippen molar-refractivity contribution in [3.05, 3.63) is 0 Å². The lowest BCUT2D eigenvalue weighted by Crippen LogP contribution is -2.38. The van der Waals surface area contributed by atoms with Crippen molar-refractivity contribution in [1.82, 2.24) is 15.1 Å². The Morgan fingerprint density at radius 1 is 0.520 bits per heavy atom. The minimum absolute atomic E-state index is 0.0520. The monoisotopic (exact) mass is 710 g/mol. The Labute approximate surface area is 307 Å². The van der Waals surface area contributed by atoms with E-state index in [2.05, 4.69) is 37.9 Å². The van der Waals surface area contributed by atoms with Crippen LogP contribution < -0.4 is 5.32 Å². The summed E-state index contributed by atoms with van der Waals surface area (Å²) in [6.07, 6.45) is 22.2. The topological polar surface area (TPSA) is 105 Å². The van der Waals surface area contributed by atoms with Crippen LogP contribution in [-0.2, 0) is 28.7 Å². The molecule has 0 saturated carbocycles. The summed E-state index contributed by atoms with van der Waals surface area (Å²) in [5.41, 5.74) is 0. The molecular formula is C41H79N3O6. The minimum atomic E-state index is -0.202. The quantitative estimate of drug-likeness (QED) is 0.0518. The first-order valence-corrected chi connectivity index (χ1v) is 20.7. The highest BCUT2D eigenvalue weighted by Gasteiger charge is 2.23. The number of ether oxygens (including phenoxy) is 2. The number of nitrogens with one attached hydrogen (secondary N) is 1. The Hall–Kier alpha value is -2.16. The van der Waals surface area contributed by atoms with Crippen LogP contribution in [0.1, 0.15) is 175 Å². The normalized spacial score (nSPS) is 11.4. The second kappa shape index (κ2) is 34.0. The number of carbonyl (C=O) groups excluding carboxylic acids is 4. The number of nitrogens with zero attached hydrogens (tertiary/aromatic N) is 2. The Balaban J connectivity index is 5.32. The van der Waals surface area contributed by atoms with Crippen LogP contribution in [-0.4, -0.2) is 87.0 Å². The first-order chi connectivity index (χ1) is 24.2.